The van der Waals surface area contributed by atoms with Gasteiger partial charge in [0.25, 0.3) is 0 Å². The van der Waals surface area contributed by atoms with Gasteiger partial charge in [0.2, 0.25) is 0 Å². The zero-order chi connectivity index (χ0) is 12.3. The van der Waals surface area contributed by atoms with Crippen LogP contribution in [0.4, 0.5) is 0 Å². The van der Waals surface area contributed by atoms with Crippen LogP contribution in [0.5, 0.6) is 0 Å². The standard InChI is InChI=1S/C14H21NOS/c1-14(16)7-8-15(11-14)9-13(10-17)12-5-3-2-4-6-12/h2-6,13,16-17H,7-11H2,1H3. The molecule has 1 N–H and O–H groups in total. The summed E-state index contributed by atoms with van der Waals surface area (Å²) < 4.78 is 0. The Hall–Kier alpha value is -0.510. The summed E-state index contributed by atoms with van der Waals surface area (Å²) in [5, 5.41) is 9.96. The maximum atomic E-state index is 9.96. The van der Waals surface area contributed by atoms with Crippen LogP contribution < -0.4 is 0 Å². The number of nitrogens with zero attached hydrogens (tertiary/aromatic N) is 1. The fourth-order valence-corrected chi connectivity index (χ4v) is 2.83. The minimum atomic E-state index is -0.502. The summed E-state index contributed by atoms with van der Waals surface area (Å²) in [6, 6.07) is 10.5. The molecule has 1 fully saturated rings. The van der Waals surface area contributed by atoms with Gasteiger partial charge in [-0.25, -0.2) is 0 Å². The van der Waals surface area contributed by atoms with Crippen LogP contribution in [-0.2, 0) is 0 Å². The van der Waals surface area contributed by atoms with Gasteiger partial charge >= 0.3 is 0 Å². The fraction of sp³-hybridized carbons (Fsp3) is 0.571. The average Bonchev–Trinajstić information content (AvgIpc) is 2.67. The van der Waals surface area contributed by atoms with E-state index in [9.17, 15) is 5.11 Å². The lowest BCUT2D eigenvalue weighted by Gasteiger charge is -2.24. The number of benzene rings is 1. The molecular formula is C14H21NOS. The molecule has 0 radical (unpaired) electrons. The summed E-state index contributed by atoms with van der Waals surface area (Å²) in [6.07, 6.45) is 0.876. The first kappa shape index (κ1) is 12.9. The highest BCUT2D eigenvalue weighted by Gasteiger charge is 2.32. The summed E-state index contributed by atoms with van der Waals surface area (Å²) in [5.74, 6) is 1.30. The van der Waals surface area contributed by atoms with Gasteiger partial charge < -0.3 is 5.11 Å². The maximum absolute atomic E-state index is 9.96. The van der Waals surface area contributed by atoms with Gasteiger partial charge in [0.1, 0.15) is 0 Å². The predicted octanol–water partition coefficient (Wildman–Crippen LogP) is 2.16. The number of rotatable bonds is 4. The first-order valence-electron chi connectivity index (χ1n) is 6.21. The van der Waals surface area contributed by atoms with Gasteiger partial charge in [0.05, 0.1) is 5.60 Å². The summed E-state index contributed by atoms with van der Waals surface area (Å²) in [4.78, 5) is 2.34. The third kappa shape index (κ3) is 3.47. The van der Waals surface area contributed by atoms with Gasteiger partial charge in [-0.3, -0.25) is 4.90 Å². The minimum absolute atomic E-state index is 0.452. The predicted molar refractivity (Wildman–Crippen MR) is 74.7 cm³/mol. The number of hydrogen-bond donors (Lipinski definition) is 2. The topological polar surface area (TPSA) is 23.5 Å². The van der Waals surface area contributed by atoms with Crippen LogP contribution >= 0.6 is 12.6 Å². The Balaban J connectivity index is 1.97. The van der Waals surface area contributed by atoms with E-state index < -0.39 is 5.60 Å². The Labute approximate surface area is 109 Å². The van der Waals surface area contributed by atoms with E-state index in [4.69, 9.17) is 0 Å². The van der Waals surface area contributed by atoms with Crippen LogP contribution in [0.15, 0.2) is 30.3 Å². The zero-order valence-corrected chi connectivity index (χ0v) is 11.2. The van der Waals surface area contributed by atoms with Crippen molar-refractivity contribution in [2.24, 2.45) is 0 Å². The third-order valence-electron chi connectivity index (χ3n) is 3.50. The highest BCUT2D eigenvalue weighted by Crippen LogP contribution is 2.25. The highest BCUT2D eigenvalue weighted by atomic mass is 32.1. The van der Waals surface area contributed by atoms with Crippen LogP contribution in [0.3, 0.4) is 0 Å². The first-order chi connectivity index (χ1) is 8.11. The lowest BCUT2D eigenvalue weighted by molar-refractivity contribution is 0.0683. The molecule has 0 bridgehead atoms. The van der Waals surface area contributed by atoms with Crippen LogP contribution in [0, 0.1) is 0 Å². The molecule has 0 aromatic heterocycles. The van der Waals surface area contributed by atoms with Crippen molar-refractivity contribution >= 4 is 12.6 Å². The molecule has 94 valence electrons. The zero-order valence-electron chi connectivity index (χ0n) is 10.3. The molecule has 2 atom stereocenters. The summed E-state index contributed by atoms with van der Waals surface area (Å²) in [5.41, 5.74) is 0.840. The van der Waals surface area contributed by atoms with E-state index in [0.717, 1.165) is 31.8 Å². The smallest absolute Gasteiger partial charge is 0.0758 e. The molecule has 1 heterocycles. The highest BCUT2D eigenvalue weighted by molar-refractivity contribution is 7.80. The van der Waals surface area contributed by atoms with Crippen molar-refractivity contribution in [2.45, 2.75) is 24.9 Å². The molecule has 0 saturated carbocycles. The van der Waals surface area contributed by atoms with Crippen molar-refractivity contribution < 1.29 is 5.11 Å². The lowest BCUT2D eigenvalue weighted by atomic mass is 10.0. The molecule has 3 heteroatoms. The molecule has 1 aliphatic heterocycles. The third-order valence-corrected chi connectivity index (χ3v) is 3.94. The van der Waals surface area contributed by atoms with Crippen molar-refractivity contribution in [2.75, 3.05) is 25.4 Å². The summed E-state index contributed by atoms with van der Waals surface area (Å²) in [6.45, 7) is 4.68. The Bertz CT molecular complexity index is 352. The van der Waals surface area contributed by atoms with Crippen LogP contribution in [-0.4, -0.2) is 41.0 Å². The monoisotopic (exact) mass is 251 g/mol. The Morgan fingerprint density at radius 1 is 1.41 bits per heavy atom. The van der Waals surface area contributed by atoms with E-state index in [0.29, 0.717) is 5.92 Å². The molecular weight excluding hydrogens is 230 g/mol. The summed E-state index contributed by atoms with van der Waals surface area (Å²) in [7, 11) is 0. The molecule has 2 unspecified atom stereocenters. The number of β-amino-alcohol motifs (C(OH)–C–C–N with tert-alkyl or cyclic N) is 1. The van der Waals surface area contributed by atoms with Crippen molar-refractivity contribution in [1.82, 2.24) is 4.90 Å². The van der Waals surface area contributed by atoms with E-state index >= 15 is 0 Å². The molecule has 1 saturated heterocycles. The molecule has 0 amide bonds. The number of aliphatic hydroxyl groups is 1. The van der Waals surface area contributed by atoms with Gasteiger partial charge in [-0.15, -0.1) is 0 Å². The van der Waals surface area contributed by atoms with Gasteiger partial charge in [0, 0.05) is 25.6 Å². The second-order valence-corrected chi connectivity index (χ2v) is 5.64. The van der Waals surface area contributed by atoms with E-state index in [1.807, 2.05) is 13.0 Å². The van der Waals surface area contributed by atoms with Gasteiger partial charge in [0.15, 0.2) is 0 Å². The second-order valence-electron chi connectivity index (χ2n) is 5.27. The minimum Gasteiger partial charge on any atom is -0.389 e. The molecule has 1 aromatic rings. The van der Waals surface area contributed by atoms with Crippen molar-refractivity contribution in [3.8, 4) is 0 Å². The van der Waals surface area contributed by atoms with Gasteiger partial charge in [-0.05, 0) is 24.7 Å². The lowest BCUT2D eigenvalue weighted by Crippen LogP contribution is -2.32. The molecule has 0 aliphatic carbocycles. The van der Waals surface area contributed by atoms with Crippen LogP contribution in [0.25, 0.3) is 0 Å². The fourth-order valence-electron chi connectivity index (χ4n) is 2.50. The van der Waals surface area contributed by atoms with Crippen molar-refractivity contribution in [3.63, 3.8) is 0 Å². The number of likely N-dealkylation sites (tertiary alicyclic amines) is 1. The number of thiol groups is 1. The molecule has 0 spiro atoms. The van der Waals surface area contributed by atoms with Gasteiger partial charge in [-0.1, -0.05) is 30.3 Å². The van der Waals surface area contributed by atoms with E-state index in [-0.39, 0.29) is 0 Å². The average molecular weight is 251 g/mol. The normalized spacial score (nSPS) is 27.2. The van der Waals surface area contributed by atoms with Crippen LogP contribution in [0.2, 0.25) is 0 Å². The van der Waals surface area contributed by atoms with E-state index in [2.05, 4.69) is 41.8 Å². The largest absolute Gasteiger partial charge is 0.389 e. The molecule has 17 heavy (non-hydrogen) atoms. The Kier molecular flexibility index (Phi) is 4.13. The summed E-state index contributed by atoms with van der Waals surface area (Å²) >= 11 is 4.45. The van der Waals surface area contributed by atoms with E-state index in [1.165, 1.54) is 5.56 Å². The quantitative estimate of drug-likeness (QED) is 0.801. The maximum Gasteiger partial charge on any atom is 0.0758 e. The van der Waals surface area contributed by atoms with Crippen molar-refractivity contribution in [1.29, 1.82) is 0 Å². The Morgan fingerprint density at radius 2 is 2.12 bits per heavy atom. The van der Waals surface area contributed by atoms with Crippen molar-refractivity contribution in [3.05, 3.63) is 35.9 Å². The SMILES string of the molecule is CC1(O)CCN(CC(CS)c2ccccc2)C1. The van der Waals surface area contributed by atoms with Crippen LogP contribution in [0.1, 0.15) is 24.8 Å². The first-order valence-corrected chi connectivity index (χ1v) is 6.84. The Morgan fingerprint density at radius 3 is 2.65 bits per heavy atom. The molecule has 2 rings (SSSR count). The van der Waals surface area contributed by atoms with Gasteiger partial charge in [-0.2, -0.15) is 12.6 Å². The number of hydrogen-bond acceptors (Lipinski definition) is 3. The molecule has 1 aromatic carbocycles. The second kappa shape index (κ2) is 5.42. The molecule has 1 aliphatic rings. The van der Waals surface area contributed by atoms with E-state index in [1.54, 1.807) is 0 Å². The molecule has 2 nitrogen and oxygen atoms in total.